The number of carbonyl (C=O) groups is 4. The smallest absolute Gasteiger partial charge is 0.338 e. The van der Waals surface area contributed by atoms with Gasteiger partial charge in [-0.15, -0.1) is 0 Å². The third-order valence-electron chi connectivity index (χ3n) is 11.1. The van der Waals surface area contributed by atoms with Crippen molar-refractivity contribution in [1.82, 2.24) is 0 Å². The molecule has 0 heterocycles. The standard InChI is InChI=1S/3C21H19O2P.CH2O.Rh/c3*22-21(18-10-4-1-5-11-18)23-16-17-24(19-12-6-2-7-13-19)20-14-8-3-9-15-20;1-2;/h3*1-15H,16-17H2;1H2;. The predicted octanol–water partition coefficient (Wildman–Crippen LogP) is 11.7. The Morgan fingerprint density at radius 2 is 0.413 bits per heavy atom. The number of carbonyl (C=O) groups excluding carboxylic acids is 4. The average Bonchev–Trinajstić information content (AvgIpc) is 3.49. The van der Waals surface area contributed by atoms with E-state index in [1.165, 1.54) is 31.8 Å². The van der Waals surface area contributed by atoms with E-state index < -0.39 is 23.8 Å². The van der Waals surface area contributed by atoms with E-state index in [1.54, 1.807) is 36.4 Å². The van der Waals surface area contributed by atoms with Crippen LogP contribution >= 0.6 is 23.8 Å². The van der Waals surface area contributed by atoms with E-state index in [4.69, 9.17) is 19.0 Å². The van der Waals surface area contributed by atoms with E-state index in [9.17, 15) is 14.4 Å². The molecule has 0 spiro atoms. The molecule has 9 aromatic carbocycles. The van der Waals surface area contributed by atoms with Gasteiger partial charge in [-0.25, -0.2) is 14.4 Å². The normalized spacial score (nSPS) is 10.2. The van der Waals surface area contributed by atoms with E-state index in [0.29, 0.717) is 36.5 Å². The van der Waals surface area contributed by atoms with Crippen LogP contribution in [0.15, 0.2) is 273 Å². The molecule has 0 aliphatic carbocycles. The van der Waals surface area contributed by atoms with Gasteiger partial charge in [0.25, 0.3) is 0 Å². The van der Waals surface area contributed by atoms with E-state index in [2.05, 4.69) is 146 Å². The van der Waals surface area contributed by atoms with Crippen molar-refractivity contribution in [2.45, 2.75) is 0 Å². The molecule has 0 aromatic heterocycles. The summed E-state index contributed by atoms with van der Waals surface area (Å²) in [5.41, 5.74) is 1.80. The summed E-state index contributed by atoms with van der Waals surface area (Å²) in [7, 11) is -1.58. The second kappa shape index (κ2) is 34.5. The van der Waals surface area contributed by atoms with E-state index >= 15 is 0 Å². The van der Waals surface area contributed by atoms with Gasteiger partial charge in [0.2, 0.25) is 0 Å². The summed E-state index contributed by atoms with van der Waals surface area (Å²) in [5.74, 6) is -0.773. The van der Waals surface area contributed by atoms with Gasteiger partial charge in [-0.2, -0.15) is 0 Å². The van der Waals surface area contributed by atoms with Gasteiger partial charge in [-0.3, -0.25) is 0 Å². The van der Waals surface area contributed by atoms with Crippen LogP contribution in [0.2, 0.25) is 0 Å². The Morgan fingerprint density at radius 1 is 0.267 bits per heavy atom. The molecular weight excluding hydrogens is 1080 g/mol. The van der Waals surface area contributed by atoms with E-state index in [-0.39, 0.29) is 37.4 Å². The molecule has 0 aliphatic rings. The van der Waals surface area contributed by atoms with Crippen LogP contribution in [0, 0.1) is 0 Å². The fraction of sp³-hybridized carbons (Fsp3) is 0.0938. The molecule has 0 N–H and O–H groups in total. The van der Waals surface area contributed by atoms with Gasteiger partial charge in [0, 0.05) is 38.0 Å². The van der Waals surface area contributed by atoms with Gasteiger partial charge in [0.15, 0.2) is 0 Å². The zero-order valence-electron chi connectivity index (χ0n) is 41.5. The Kier molecular flexibility index (Phi) is 27.0. The fourth-order valence-corrected chi connectivity index (χ4v) is 14.0. The molecule has 0 aliphatic heterocycles. The Bertz CT molecular complexity index is 2510. The van der Waals surface area contributed by atoms with Crippen molar-refractivity contribution >= 4 is 80.3 Å². The molecule has 0 amide bonds. The maximum atomic E-state index is 12.1. The van der Waals surface area contributed by atoms with Crippen LogP contribution in [0.3, 0.4) is 0 Å². The minimum Gasteiger partial charge on any atom is -0.462 e. The van der Waals surface area contributed by atoms with Crippen molar-refractivity contribution in [1.29, 1.82) is 0 Å². The molecule has 0 atom stereocenters. The van der Waals surface area contributed by atoms with Crippen molar-refractivity contribution in [3.8, 4) is 0 Å². The number of ether oxygens (including phenoxy) is 3. The maximum Gasteiger partial charge on any atom is 0.338 e. The first-order valence-corrected chi connectivity index (χ1v) is 28.7. The summed E-state index contributed by atoms with van der Waals surface area (Å²) in [6.07, 6.45) is 2.46. The predicted molar refractivity (Wildman–Crippen MR) is 309 cm³/mol. The SMILES string of the molecule is C=O.O=C(OCCP(c1ccccc1)c1ccccc1)c1ccccc1.O=C(OCCP(c1ccccc1)c1ccccc1)c1ccccc1.O=C(OCCP(c1ccccc1)c1ccccc1)c1ccccc1.[Rh]. The van der Waals surface area contributed by atoms with Gasteiger partial charge in [-0.1, -0.05) is 237 Å². The quantitative estimate of drug-likeness (QED) is 0.0365. The van der Waals surface area contributed by atoms with E-state index in [0.717, 1.165) is 18.5 Å². The van der Waals surface area contributed by atoms with Crippen molar-refractivity contribution < 1.29 is 52.9 Å². The molecule has 9 rings (SSSR count). The summed E-state index contributed by atoms with van der Waals surface area (Å²) in [4.78, 5) is 44.3. The first-order chi connectivity index (χ1) is 36.5. The molecule has 75 heavy (non-hydrogen) atoms. The minimum atomic E-state index is -0.528. The summed E-state index contributed by atoms with van der Waals surface area (Å²) < 4.78 is 16.4. The first-order valence-electron chi connectivity index (χ1n) is 24.1. The Morgan fingerprint density at radius 3 is 0.573 bits per heavy atom. The van der Waals surface area contributed by atoms with Crippen LogP contribution < -0.4 is 31.8 Å². The maximum absolute atomic E-state index is 12.1. The molecule has 0 saturated heterocycles. The third-order valence-corrected chi connectivity index (χ3v) is 18.5. The number of rotatable bonds is 18. The van der Waals surface area contributed by atoms with Crippen molar-refractivity contribution in [3.63, 3.8) is 0 Å². The minimum absolute atomic E-state index is 0. The summed E-state index contributed by atoms with van der Waals surface area (Å²) in [5, 5.41) is 7.80. The summed E-state index contributed by atoms with van der Waals surface area (Å²) in [6, 6.07) is 90.1. The monoisotopic (exact) mass is 1140 g/mol. The molecular formula is C64H59O7P3Rh. The second-order valence-corrected chi connectivity index (χ2v) is 23.0. The third kappa shape index (κ3) is 20.0. The van der Waals surface area contributed by atoms with Crippen LogP contribution in [-0.4, -0.2) is 63.0 Å². The average molecular weight is 1140 g/mol. The number of hydrogen-bond acceptors (Lipinski definition) is 7. The Balaban J connectivity index is 0.000000203. The molecule has 11 heteroatoms. The molecule has 0 saturated carbocycles. The van der Waals surface area contributed by atoms with Gasteiger partial charge in [0.05, 0.1) is 36.5 Å². The molecule has 1 radical (unpaired) electrons. The second-order valence-electron chi connectivity index (χ2n) is 16.0. The fourth-order valence-electron chi connectivity index (χ4n) is 7.53. The van der Waals surface area contributed by atoms with E-state index in [1.807, 2.05) is 97.8 Å². The van der Waals surface area contributed by atoms with Crippen molar-refractivity contribution in [3.05, 3.63) is 290 Å². The molecule has 9 aromatic rings. The van der Waals surface area contributed by atoms with Crippen LogP contribution in [-0.2, 0) is 38.5 Å². The topological polar surface area (TPSA) is 96.0 Å². The summed E-state index contributed by atoms with van der Waals surface area (Å²) in [6.45, 7) is 3.26. The first kappa shape index (κ1) is 58.9. The van der Waals surface area contributed by atoms with Crippen molar-refractivity contribution in [2.75, 3.05) is 38.3 Å². The van der Waals surface area contributed by atoms with Crippen LogP contribution in [0.1, 0.15) is 31.1 Å². The van der Waals surface area contributed by atoms with Gasteiger partial charge < -0.3 is 19.0 Å². The molecule has 381 valence electrons. The molecule has 0 unspecified atom stereocenters. The number of hydrogen-bond donors (Lipinski definition) is 0. The zero-order chi connectivity index (χ0) is 51.8. The molecule has 0 bridgehead atoms. The largest absolute Gasteiger partial charge is 0.462 e. The number of esters is 3. The summed E-state index contributed by atoms with van der Waals surface area (Å²) >= 11 is 0. The van der Waals surface area contributed by atoms with Crippen LogP contribution in [0.25, 0.3) is 0 Å². The molecule has 7 nitrogen and oxygen atoms in total. The van der Waals surface area contributed by atoms with Crippen LogP contribution in [0.5, 0.6) is 0 Å². The van der Waals surface area contributed by atoms with Gasteiger partial charge >= 0.3 is 17.9 Å². The zero-order valence-corrected chi connectivity index (χ0v) is 45.8. The van der Waals surface area contributed by atoms with Crippen molar-refractivity contribution in [2.24, 2.45) is 0 Å². The number of benzene rings is 9. The Hall–Kier alpha value is -7.03. The van der Waals surface area contributed by atoms with Gasteiger partial charge in [0.1, 0.15) is 6.79 Å². The molecule has 0 fully saturated rings. The van der Waals surface area contributed by atoms with Crippen LogP contribution in [0.4, 0.5) is 0 Å². The van der Waals surface area contributed by atoms with Gasteiger partial charge in [-0.05, 0) is 92.0 Å². The Labute approximate surface area is 458 Å².